The Morgan fingerprint density at radius 1 is 1.11 bits per heavy atom. The Kier molecular flexibility index (Phi) is 7.69. The van der Waals surface area contributed by atoms with Gasteiger partial charge in [-0.3, -0.25) is 9.59 Å². The Balaban J connectivity index is 1.89. The standard InChI is InChI=1S/C20H23FN2O4S/c1-12(2)17(23-19(25)16-5-4-10-28-16)20(26)27-13(3)18(24)22-11-14-6-8-15(21)9-7-14/h4-10,12-13,17H,11H2,1-3H3,(H,22,24)(H,23,25)/t13-,17-/m1/s1. The number of nitrogens with one attached hydrogen (secondary N) is 2. The predicted molar refractivity (Wildman–Crippen MR) is 104 cm³/mol. The van der Waals surface area contributed by atoms with E-state index in [0.717, 1.165) is 5.56 Å². The Hall–Kier alpha value is -2.74. The minimum absolute atomic E-state index is 0.184. The molecule has 150 valence electrons. The second-order valence-electron chi connectivity index (χ2n) is 6.60. The molecule has 0 aliphatic rings. The van der Waals surface area contributed by atoms with Crippen molar-refractivity contribution in [1.29, 1.82) is 0 Å². The fraction of sp³-hybridized carbons (Fsp3) is 0.350. The van der Waals surface area contributed by atoms with E-state index in [4.69, 9.17) is 4.74 Å². The van der Waals surface area contributed by atoms with Gasteiger partial charge in [0, 0.05) is 6.54 Å². The normalized spacial score (nSPS) is 12.9. The van der Waals surface area contributed by atoms with Crippen LogP contribution in [0.5, 0.6) is 0 Å². The number of amides is 2. The first-order chi connectivity index (χ1) is 13.3. The molecule has 2 N–H and O–H groups in total. The molecule has 0 radical (unpaired) electrons. The van der Waals surface area contributed by atoms with Gasteiger partial charge in [0.2, 0.25) is 0 Å². The third-order valence-corrected chi connectivity index (χ3v) is 4.86. The third kappa shape index (κ3) is 6.16. The van der Waals surface area contributed by atoms with E-state index >= 15 is 0 Å². The van der Waals surface area contributed by atoms with E-state index in [1.807, 2.05) is 0 Å². The number of benzene rings is 1. The van der Waals surface area contributed by atoms with E-state index in [9.17, 15) is 18.8 Å². The molecule has 28 heavy (non-hydrogen) atoms. The highest BCUT2D eigenvalue weighted by Gasteiger charge is 2.29. The maximum Gasteiger partial charge on any atom is 0.329 e. The molecule has 2 rings (SSSR count). The molecule has 2 amide bonds. The molecule has 0 saturated heterocycles. The average Bonchev–Trinajstić information content (AvgIpc) is 3.19. The largest absolute Gasteiger partial charge is 0.451 e. The van der Waals surface area contributed by atoms with Gasteiger partial charge in [-0.15, -0.1) is 11.3 Å². The van der Waals surface area contributed by atoms with Crippen molar-refractivity contribution in [2.75, 3.05) is 0 Å². The molecular weight excluding hydrogens is 383 g/mol. The van der Waals surface area contributed by atoms with Gasteiger partial charge in [0.1, 0.15) is 11.9 Å². The van der Waals surface area contributed by atoms with Crippen molar-refractivity contribution < 1.29 is 23.5 Å². The molecule has 0 fully saturated rings. The molecule has 2 atom stereocenters. The first-order valence-corrected chi connectivity index (χ1v) is 9.73. The molecule has 0 aliphatic heterocycles. The summed E-state index contributed by atoms with van der Waals surface area (Å²) in [5, 5.41) is 7.06. The Bertz CT molecular complexity index is 806. The van der Waals surface area contributed by atoms with Gasteiger partial charge in [-0.2, -0.15) is 0 Å². The minimum atomic E-state index is -1.03. The lowest BCUT2D eigenvalue weighted by atomic mass is 10.0. The predicted octanol–water partition coefficient (Wildman–Crippen LogP) is 2.89. The van der Waals surface area contributed by atoms with Crippen LogP contribution in [0.3, 0.4) is 0 Å². The van der Waals surface area contributed by atoms with Crippen LogP contribution in [0.2, 0.25) is 0 Å². The summed E-state index contributed by atoms with van der Waals surface area (Å²) in [6.45, 7) is 5.19. The van der Waals surface area contributed by atoms with Crippen molar-refractivity contribution in [3.63, 3.8) is 0 Å². The van der Waals surface area contributed by atoms with Gasteiger partial charge in [-0.1, -0.05) is 32.0 Å². The third-order valence-electron chi connectivity index (χ3n) is 3.99. The lowest BCUT2D eigenvalue weighted by Gasteiger charge is -2.22. The van der Waals surface area contributed by atoms with Crippen molar-refractivity contribution >= 4 is 29.1 Å². The van der Waals surface area contributed by atoms with E-state index in [1.54, 1.807) is 43.5 Å². The number of halogens is 1. The lowest BCUT2D eigenvalue weighted by molar-refractivity contribution is -0.157. The Morgan fingerprint density at radius 2 is 1.79 bits per heavy atom. The van der Waals surface area contributed by atoms with Crippen LogP contribution >= 0.6 is 11.3 Å². The number of hydrogen-bond acceptors (Lipinski definition) is 5. The van der Waals surface area contributed by atoms with Crippen molar-refractivity contribution in [3.05, 3.63) is 58.0 Å². The summed E-state index contributed by atoms with van der Waals surface area (Å²) in [4.78, 5) is 37.3. The summed E-state index contributed by atoms with van der Waals surface area (Å²) in [7, 11) is 0. The van der Waals surface area contributed by atoms with E-state index in [0.29, 0.717) is 4.88 Å². The molecule has 0 saturated carbocycles. The van der Waals surface area contributed by atoms with Gasteiger partial charge in [-0.25, -0.2) is 9.18 Å². The highest BCUT2D eigenvalue weighted by Crippen LogP contribution is 2.12. The number of rotatable bonds is 8. The summed E-state index contributed by atoms with van der Waals surface area (Å²) < 4.78 is 18.1. The average molecular weight is 406 g/mol. The number of esters is 1. The summed E-state index contributed by atoms with van der Waals surface area (Å²) in [5.41, 5.74) is 0.719. The topological polar surface area (TPSA) is 84.5 Å². The summed E-state index contributed by atoms with van der Waals surface area (Å²) in [6, 6.07) is 8.25. The van der Waals surface area contributed by atoms with Gasteiger partial charge in [0.25, 0.3) is 11.8 Å². The zero-order valence-corrected chi connectivity index (χ0v) is 16.7. The quantitative estimate of drug-likeness (QED) is 0.660. The summed E-state index contributed by atoms with van der Waals surface area (Å²) in [6.07, 6.45) is -1.03. The molecule has 0 unspecified atom stereocenters. The van der Waals surface area contributed by atoms with Crippen molar-refractivity contribution in [2.45, 2.75) is 39.5 Å². The van der Waals surface area contributed by atoms with E-state index in [1.165, 1.54) is 30.4 Å². The molecule has 0 bridgehead atoms. The number of ether oxygens (including phenoxy) is 1. The highest BCUT2D eigenvalue weighted by atomic mass is 32.1. The van der Waals surface area contributed by atoms with E-state index in [-0.39, 0.29) is 24.2 Å². The fourth-order valence-electron chi connectivity index (χ4n) is 2.35. The Labute approximate surface area is 167 Å². The first kappa shape index (κ1) is 21.6. The molecule has 6 nitrogen and oxygen atoms in total. The molecule has 1 aromatic carbocycles. The molecule has 0 aliphatic carbocycles. The Morgan fingerprint density at radius 3 is 2.36 bits per heavy atom. The lowest BCUT2D eigenvalue weighted by Crippen LogP contribution is -2.47. The van der Waals surface area contributed by atoms with Crippen molar-refractivity contribution in [1.82, 2.24) is 10.6 Å². The molecule has 1 heterocycles. The van der Waals surface area contributed by atoms with Gasteiger partial charge >= 0.3 is 5.97 Å². The zero-order valence-electron chi connectivity index (χ0n) is 15.9. The van der Waals surface area contributed by atoms with Crippen LogP contribution in [0.4, 0.5) is 4.39 Å². The second kappa shape index (κ2) is 9.98. The number of carbonyl (C=O) groups excluding carboxylic acids is 3. The van der Waals surface area contributed by atoms with Gasteiger partial charge in [0.05, 0.1) is 4.88 Å². The van der Waals surface area contributed by atoms with Crippen LogP contribution in [0, 0.1) is 11.7 Å². The number of carbonyl (C=O) groups is 3. The first-order valence-electron chi connectivity index (χ1n) is 8.85. The van der Waals surface area contributed by atoms with Crippen molar-refractivity contribution in [3.8, 4) is 0 Å². The number of hydrogen-bond donors (Lipinski definition) is 2. The van der Waals surface area contributed by atoms with Crippen LogP contribution in [-0.2, 0) is 20.9 Å². The van der Waals surface area contributed by atoms with Crippen molar-refractivity contribution in [2.24, 2.45) is 5.92 Å². The molecule has 8 heteroatoms. The number of thiophene rings is 1. The zero-order chi connectivity index (χ0) is 20.7. The van der Waals surface area contributed by atoms with Gasteiger partial charge in [-0.05, 0) is 42.0 Å². The van der Waals surface area contributed by atoms with Gasteiger partial charge < -0.3 is 15.4 Å². The maximum absolute atomic E-state index is 12.9. The van der Waals surface area contributed by atoms with Crippen LogP contribution in [0.1, 0.15) is 36.0 Å². The summed E-state index contributed by atoms with van der Waals surface area (Å²) in [5.74, 6) is -2.10. The SMILES string of the molecule is CC(C)[C@@H](NC(=O)c1cccs1)C(=O)O[C@H](C)C(=O)NCc1ccc(F)cc1. The van der Waals surface area contributed by atoms with Crippen LogP contribution in [-0.4, -0.2) is 29.9 Å². The highest BCUT2D eigenvalue weighted by molar-refractivity contribution is 7.12. The maximum atomic E-state index is 12.9. The molecule has 1 aromatic heterocycles. The van der Waals surface area contributed by atoms with E-state index in [2.05, 4.69) is 10.6 Å². The molecule has 0 spiro atoms. The van der Waals surface area contributed by atoms with Crippen LogP contribution in [0.25, 0.3) is 0 Å². The fourth-order valence-corrected chi connectivity index (χ4v) is 2.98. The minimum Gasteiger partial charge on any atom is -0.451 e. The second-order valence-corrected chi connectivity index (χ2v) is 7.54. The molecular formula is C20H23FN2O4S. The monoisotopic (exact) mass is 406 g/mol. The van der Waals surface area contributed by atoms with Crippen LogP contribution < -0.4 is 10.6 Å². The van der Waals surface area contributed by atoms with Crippen LogP contribution in [0.15, 0.2) is 41.8 Å². The smallest absolute Gasteiger partial charge is 0.329 e. The molecule has 2 aromatic rings. The van der Waals surface area contributed by atoms with Gasteiger partial charge in [0.15, 0.2) is 6.10 Å². The summed E-state index contributed by atoms with van der Waals surface area (Å²) >= 11 is 1.27. The van der Waals surface area contributed by atoms with E-state index < -0.39 is 24.0 Å².